The van der Waals surface area contributed by atoms with Gasteiger partial charge in [0.25, 0.3) is 0 Å². The standard InChI is InChI=1S/C44H32/c1-43(2)34-21-25-16-15-23-9-7-10-24-17-18-30(37(25)36(23)24)40(34)32-20-19-31-39-29-14-8-13-28-26-11-5-6-12-27(26)33(38(28)29)22-35(39)44(3,4)42(31)41(32)43/h6-10,12-22H,5,11H2,1-4H3. The van der Waals surface area contributed by atoms with Crippen LogP contribution >= 0.6 is 0 Å². The van der Waals surface area contributed by atoms with Gasteiger partial charge in [0.2, 0.25) is 0 Å². The minimum atomic E-state index is -0.109. The Morgan fingerprint density at radius 2 is 1.16 bits per heavy atom. The molecule has 0 aromatic heterocycles. The number of benzene rings is 7. The summed E-state index contributed by atoms with van der Waals surface area (Å²) >= 11 is 0. The van der Waals surface area contributed by atoms with Gasteiger partial charge in [-0.15, -0.1) is 0 Å². The lowest BCUT2D eigenvalue weighted by molar-refractivity contribution is 0.601. The highest BCUT2D eigenvalue weighted by Gasteiger charge is 2.47. The average Bonchev–Trinajstić information content (AvgIpc) is 3.57. The quantitative estimate of drug-likeness (QED) is 0.162. The van der Waals surface area contributed by atoms with E-state index in [0.29, 0.717) is 0 Å². The highest BCUT2D eigenvalue weighted by molar-refractivity contribution is 6.27. The first kappa shape index (κ1) is 23.7. The largest absolute Gasteiger partial charge is 0.0836 e. The van der Waals surface area contributed by atoms with Crippen LogP contribution < -0.4 is 0 Å². The third-order valence-corrected chi connectivity index (χ3v) is 11.9. The van der Waals surface area contributed by atoms with E-state index in [4.69, 9.17) is 0 Å². The summed E-state index contributed by atoms with van der Waals surface area (Å²) in [5, 5.41) is 11.1. The second kappa shape index (κ2) is 7.33. The third-order valence-electron chi connectivity index (χ3n) is 11.9. The molecule has 0 aliphatic heterocycles. The number of hydrogen-bond acceptors (Lipinski definition) is 0. The lowest BCUT2D eigenvalue weighted by Crippen LogP contribution is -2.24. The molecule has 7 aromatic rings. The van der Waals surface area contributed by atoms with Gasteiger partial charge in [-0.25, -0.2) is 0 Å². The molecule has 4 aliphatic rings. The fourth-order valence-electron chi connectivity index (χ4n) is 10.1. The molecule has 0 atom stereocenters. The van der Waals surface area contributed by atoms with Gasteiger partial charge in [-0.3, -0.25) is 0 Å². The first-order valence-corrected chi connectivity index (χ1v) is 16.3. The second-order valence-corrected chi connectivity index (χ2v) is 14.7. The first-order valence-electron chi connectivity index (χ1n) is 16.3. The average molecular weight is 561 g/mol. The Balaban J connectivity index is 1.25. The molecule has 4 aliphatic carbocycles. The Labute approximate surface area is 257 Å². The zero-order chi connectivity index (χ0) is 29.3. The highest BCUT2D eigenvalue weighted by atomic mass is 14.5. The first-order chi connectivity index (χ1) is 21.4. The molecule has 44 heavy (non-hydrogen) atoms. The SMILES string of the molecule is CC1(C)c2cc3c4c(cccc4c2-c2ccc4c(c21)C(C)(C)c1cc2ccc5cccc6ccc(c1-4)c2c56)C1=C3C=CCC1. The summed E-state index contributed by atoms with van der Waals surface area (Å²) in [6.45, 7) is 9.92. The van der Waals surface area contributed by atoms with Crippen molar-refractivity contribution < 1.29 is 0 Å². The minimum absolute atomic E-state index is 0.107. The van der Waals surface area contributed by atoms with E-state index in [2.05, 4.69) is 125 Å². The molecule has 0 spiro atoms. The molecule has 0 saturated heterocycles. The number of hydrogen-bond donors (Lipinski definition) is 0. The van der Waals surface area contributed by atoms with Gasteiger partial charge in [0.1, 0.15) is 0 Å². The second-order valence-electron chi connectivity index (χ2n) is 14.7. The zero-order valence-electron chi connectivity index (χ0n) is 25.7. The molecular weight excluding hydrogens is 528 g/mol. The van der Waals surface area contributed by atoms with Crippen LogP contribution in [0.3, 0.4) is 0 Å². The Hall–Kier alpha value is -4.68. The van der Waals surface area contributed by atoms with Crippen molar-refractivity contribution in [3.8, 4) is 22.3 Å². The number of allylic oxidation sites excluding steroid dienone is 4. The molecule has 0 fully saturated rings. The van der Waals surface area contributed by atoms with Crippen LogP contribution in [0.5, 0.6) is 0 Å². The van der Waals surface area contributed by atoms with E-state index < -0.39 is 0 Å². The predicted octanol–water partition coefficient (Wildman–Crippen LogP) is 11.9. The molecule has 0 radical (unpaired) electrons. The maximum atomic E-state index is 2.58. The molecule has 0 amide bonds. The van der Waals surface area contributed by atoms with E-state index in [-0.39, 0.29) is 10.8 Å². The van der Waals surface area contributed by atoms with Gasteiger partial charge >= 0.3 is 0 Å². The summed E-state index contributed by atoms with van der Waals surface area (Å²) in [4.78, 5) is 0. The normalized spacial score (nSPS) is 18.0. The Kier molecular flexibility index (Phi) is 3.96. The van der Waals surface area contributed by atoms with Gasteiger partial charge in [0.15, 0.2) is 0 Å². The van der Waals surface area contributed by atoms with Gasteiger partial charge < -0.3 is 0 Å². The van der Waals surface area contributed by atoms with Crippen molar-refractivity contribution in [1.82, 2.24) is 0 Å². The van der Waals surface area contributed by atoms with E-state index in [9.17, 15) is 0 Å². The van der Waals surface area contributed by atoms with Crippen LogP contribution in [0.2, 0.25) is 0 Å². The van der Waals surface area contributed by atoms with Crippen LogP contribution in [0.15, 0.2) is 97.1 Å². The zero-order valence-corrected chi connectivity index (χ0v) is 25.7. The van der Waals surface area contributed by atoms with Crippen LogP contribution in [0.1, 0.15) is 73.9 Å². The summed E-state index contributed by atoms with van der Waals surface area (Å²) in [7, 11) is 0. The highest BCUT2D eigenvalue weighted by Crippen LogP contribution is 2.63. The van der Waals surface area contributed by atoms with Gasteiger partial charge in [0, 0.05) is 10.8 Å². The van der Waals surface area contributed by atoms with Crippen LogP contribution in [-0.2, 0) is 10.8 Å². The fraction of sp³-hybridized carbons (Fsp3) is 0.182. The van der Waals surface area contributed by atoms with Crippen molar-refractivity contribution >= 4 is 54.2 Å². The molecule has 0 bridgehead atoms. The molecular formula is C44H32. The lowest BCUT2D eigenvalue weighted by Gasteiger charge is -2.31. The Morgan fingerprint density at radius 3 is 1.91 bits per heavy atom. The van der Waals surface area contributed by atoms with Gasteiger partial charge in [-0.2, -0.15) is 0 Å². The van der Waals surface area contributed by atoms with Crippen molar-refractivity contribution in [2.45, 2.75) is 51.4 Å². The fourth-order valence-corrected chi connectivity index (χ4v) is 10.1. The predicted molar refractivity (Wildman–Crippen MR) is 188 cm³/mol. The maximum Gasteiger partial charge on any atom is 0.0162 e. The molecule has 0 nitrogen and oxygen atoms in total. The Morgan fingerprint density at radius 1 is 0.523 bits per heavy atom. The molecule has 208 valence electrons. The maximum absolute atomic E-state index is 2.58. The molecule has 0 saturated carbocycles. The van der Waals surface area contributed by atoms with Crippen molar-refractivity contribution in [1.29, 1.82) is 0 Å². The summed E-state index contributed by atoms with van der Waals surface area (Å²) in [5.41, 5.74) is 17.5. The minimum Gasteiger partial charge on any atom is -0.0836 e. The van der Waals surface area contributed by atoms with Gasteiger partial charge in [0.05, 0.1) is 0 Å². The lowest BCUT2D eigenvalue weighted by atomic mass is 9.72. The molecule has 0 N–H and O–H groups in total. The van der Waals surface area contributed by atoms with E-state index in [1.807, 2.05) is 0 Å². The van der Waals surface area contributed by atoms with Gasteiger partial charge in [-0.1, -0.05) is 113 Å². The summed E-state index contributed by atoms with van der Waals surface area (Å²) in [6.07, 6.45) is 7.05. The molecule has 11 rings (SSSR count). The third kappa shape index (κ3) is 2.47. The number of fused-ring (bicyclic) bond motifs is 11. The smallest absolute Gasteiger partial charge is 0.0162 e. The summed E-state index contributed by atoms with van der Waals surface area (Å²) in [5.74, 6) is 0. The van der Waals surface area contributed by atoms with Crippen LogP contribution in [0.25, 0.3) is 76.5 Å². The van der Waals surface area contributed by atoms with E-state index in [1.54, 1.807) is 5.57 Å². The van der Waals surface area contributed by atoms with Gasteiger partial charge in [-0.05, 0) is 135 Å². The van der Waals surface area contributed by atoms with E-state index in [0.717, 1.165) is 12.8 Å². The summed E-state index contributed by atoms with van der Waals surface area (Å²) < 4.78 is 0. The van der Waals surface area contributed by atoms with Crippen LogP contribution in [0, 0.1) is 0 Å². The van der Waals surface area contributed by atoms with E-state index in [1.165, 1.54) is 104 Å². The van der Waals surface area contributed by atoms with Crippen molar-refractivity contribution in [2.24, 2.45) is 0 Å². The van der Waals surface area contributed by atoms with Crippen molar-refractivity contribution in [2.75, 3.05) is 0 Å². The number of rotatable bonds is 0. The van der Waals surface area contributed by atoms with Crippen molar-refractivity contribution in [3.63, 3.8) is 0 Å². The topological polar surface area (TPSA) is 0 Å². The monoisotopic (exact) mass is 560 g/mol. The Bertz CT molecular complexity index is 2560. The van der Waals surface area contributed by atoms with Crippen molar-refractivity contribution in [3.05, 3.63) is 130 Å². The molecule has 0 heterocycles. The van der Waals surface area contributed by atoms with Crippen LogP contribution in [0.4, 0.5) is 0 Å². The summed E-state index contributed by atoms with van der Waals surface area (Å²) in [6, 6.07) is 33.2. The molecule has 7 aromatic carbocycles. The molecule has 0 heteroatoms. The van der Waals surface area contributed by atoms with Crippen LogP contribution in [-0.4, -0.2) is 0 Å². The molecule has 0 unspecified atom stereocenters. The van der Waals surface area contributed by atoms with E-state index >= 15 is 0 Å².